The fourth-order valence-electron chi connectivity index (χ4n) is 3.10. The van der Waals surface area contributed by atoms with E-state index in [4.69, 9.17) is 8.37 Å². The molecule has 0 saturated heterocycles. The first-order chi connectivity index (χ1) is 13.9. The van der Waals surface area contributed by atoms with Crippen molar-refractivity contribution in [3.8, 4) is 0 Å². The summed E-state index contributed by atoms with van der Waals surface area (Å²) in [6.45, 7) is -0.961. The van der Waals surface area contributed by atoms with Crippen molar-refractivity contribution in [1.82, 2.24) is 0 Å². The first kappa shape index (κ1) is 27.7. The predicted octanol–water partition coefficient (Wildman–Crippen LogP) is 3.30. The summed E-state index contributed by atoms with van der Waals surface area (Å²) >= 11 is 0. The van der Waals surface area contributed by atoms with Crippen LogP contribution in [0.4, 0.5) is 0 Å². The molecule has 0 unspecified atom stereocenters. The van der Waals surface area contributed by atoms with Crippen molar-refractivity contribution in [2.45, 2.75) is 9.79 Å². The molecule has 0 heterocycles. The van der Waals surface area contributed by atoms with Crippen LogP contribution < -0.4 is 0 Å². The molecule has 0 N–H and O–H groups in total. The number of rotatable bonds is 6. The van der Waals surface area contributed by atoms with Crippen LogP contribution in [0.25, 0.3) is 21.5 Å². The molecule has 31 heavy (non-hydrogen) atoms. The summed E-state index contributed by atoms with van der Waals surface area (Å²) in [6.07, 6.45) is 0. The molecule has 0 bridgehead atoms. The predicted molar refractivity (Wildman–Crippen MR) is 121 cm³/mol. The molecule has 0 fully saturated rings. The van der Waals surface area contributed by atoms with E-state index in [-0.39, 0.29) is 113 Å². The van der Waals surface area contributed by atoms with Gasteiger partial charge in [0.2, 0.25) is 0 Å². The van der Waals surface area contributed by atoms with Gasteiger partial charge in [-0.15, -0.1) is 0 Å². The van der Waals surface area contributed by atoms with Gasteiger partial charge in [-0.3, -0.25) is 0 Å². The smallest absolute Gasteiger partial charge is 0.236 e. The van der Waals surface area contributed by atoms with Gasteiger partial charge in [0.15, 0.2) is 6.79 Å². The van der Waals surface area contributed by atoms with E-state index < -0.39 is 27.0 Å². The van der Waals surface area contributed by atoms with Crippen LogP contribution in [0.2, 0.25) is 0 Å². The van der Waals surface area contributed by atoms with E-state index in [9.17, 15) is 16.8 Å². The standard InChI is InChI=1S/C21H16O6S2.2K/c22-28(23,20-13-5-9-16-7-1-3-11-18(16)20)26-15-27-29(24,25)21-14-6-10-17-8-2-4-12-19(17)21;;/h1-14H,15H2;;. The third-order valence-electron chi connectivity index (χ3n) is 4.44. The van der Waals surface area contributed by atoms with E-state index in [1.165, 1.54) is 12.1 Å². The monoisotopic (exact) mass is 506 g/mol. The Morgan fingerprint density at radius 1 is 0.516 bits per heavy atom. The van der Waals surface area contributed by atoms with Gasteiger partial charge in [0.1, 0.15) is 9.79 Å². The maximum Gasteiger partial charge on any atom is 0.299 e. The number of hydrogen-bond acceptors (Lipinski definition) is 6. The van der Waals surface area contributed by atoms with Crippen LogP contribution in [-0.2, 0) is 28.6 Å². The third-order valence-corrected chi connectivity index (χ3v) is 7.05. The molecule has 0 amide bonds. The molecule has 4 aromatic rings. The van der Waals surface area contributed by atoms with Gasteiger partial charge in [0.25, 0.3) is 20.2 Å². The van der Waals surface area contributed by atoms with Crippen molar-refractivity contribution >= 4 is 145 Å². The first-order valence-corrected chi connectivity index (χ1v) is 11.4. The van der Waals surface area contributed by atoms with Gasteiger partial charge in [-0.25, -0.2) is 8.37 Å². The quantitative estimate of drug-likeness (QED) is 0.227. The molecule has 4 aromatic carbocycles. The molecule has 0 aliphatic rings. The summed E-state index contributed by atoms with van der Waals surface area (Å²) in [5.74, 6) is 0. The van der Waals surface area contributed by atoms with Gasteiger partial charge in [-0.1, -0.05) is 72.8 Å². The molecule has 6 nitrogen and oxygen atoms in total. The topological polar surface area (TPSA) is 86.7 Å². The van der Waals surface area contributed by atoms with Crippen LogP contribution in [0.1, 0.15) is 0 Å². The summed E-state index contributed by atoms with van der Waals surface area (Å²) < 4.78 is 60.1. The van der Waals surface area contributed by atoms with Gasteiger partial charge in [-0.05, 0) is 22.9 Å². The molecule has 0 aliphatic heterocycles. The van der Waals surface area contributed by atoms with E-state index in [2.05, 4.69) is 0 Å². The van der Waals surface area contributed by atoms with Gasteiger partial charge in [-0.2, -0.15) is 16.8 Å². The van der Waals surface area contributed by atoms with Crippen molar-refractivity contribution in [3.05, 3.63) is 84.9 Å². The molecule has 0 saturated carbocycles. The summed E-state index contributed by atoms with van der Waals surface area (Å²) in [7, 11) is -8.45. The van der Waals surface area contributed by atoms with Crippen molar-refractivity contribution in [2.75, 3.05) is 6.79 Å². The van der Waals surface area contributed by atoms with E-state index in [1.807, 2.05) is 0 Å². The second-order valence-electron chi connectivity index (χ2n) is 6.22. The van der Waals surface area contributed by atoms with Gasteiger partial charge < -0.3 is 0 Å². The van der Waals surface area contributed by atoms with Crippen LogP contribution >= 0.6 is 0 Å². The number of benzene rings is 4. The fraction of sp³-hybridized carbons (Fsp3) is 0.0476. The molecule has 2 radical (unpaired) electrons. The van der Waals surface area contributed by atoms with Crippen LogP contribution in [0.15, 0.2) is 94.7 Å². The zero-order chi connectivity index (χ0) is 20.5. The van der Waals surface area contributed by atoms with Crippen molar-refractivity contribution in [3.63, 3.8) is 0 Å². The normalized spacial score (nSPS) is 11.6. The van der Waals surface area contributed by atoms with Crippen LogP contribution in [0, 0.1) is 0 Å². The van der Waals surface area contributed by atoms with Crippen LogP contribution in [0.3, 0.4) is 0 Å². The van der Waals surface area contributed by atoms with Gasteiger partial charge >= 0.3 is 0 Å². The van der Waals surface area contributed by atoms with Crippen molar-refractivity contribution in [2.24, 2.45) is 0 Å². The number of hydrogen-bond donors (Lipinski definition) is 0. The molecule has 0 atom stereocenters. The molecule has 150 valence electrons. The first-order valence-electron chi connectivity index (χ1n) is 8.63. The molecule has 4 rings (SSSR count). The Kier molecular flexibility index (Phi) is 10.5. The van der Waals surface area contributed by atoms with Crippen molar-refractivity contribution in [1.29, 1.82) is 0 Å². The summed E-state index contributed by atoms with van der Waals surface area (Å²) in [5, 5.41) is 2.40. The molecule has 0 aromatic heterocycles. The second kappa shape index (κ2) is 11.8. The Bertz CT molecular complexity index is 1300. The average molecular weight is 507 g/mol. The van der Waals surface area contributed by atoms with Gasteiger partial charge in [0.05, 0.1) is 0 Å². The second-order valence-corrected chi connectivity index (χ2v) is 9.38. The molecular formula is C21H16K2O6S2. The SMILES string of the molecule is O=S(=O)(OCOS(=O)(=O)c1cccc2ccccc12)c1cccc2ccccc12.[K].[K]. The molecule has 0 aliphatic carbocycles. The molecule has 0 spiro atoms. The molecule has 10 heteroatoms. The Morgan fingerprint density at radius 2 is 0.871 bits per heavy atom. The number of fused-ring (bicyclic) bond motifs is 2. The summed E-state index contributed by atoms with van der Waals surface area (Å²) in [6, 6.07) is 23.4. The molecular weight excluding hydrogens is 491 g/mol. The third kappa shape index (κ3) is 6.34. The van der Waals surface area contributed by atoms with E-state index in [0.29, 0.717) is 10.8 Å². The Morgan fingerprint density at radius 3 is 1.29 bits per heavy atom. The maximum atomic E-state index is 12.6. The zero-order valence-corrected chi connectivity index (χ0v) is 24.9. The van der Waals surface area contributed by atoms with Crippen LogP contribution in [0.5, 0.6) is 0 Å². The van der Waals surface area contributed by atoms with Gasteiger partial charge in [0, 0.05) is 114 Å². The van der Waals surface area contributed by atoms with Crippen molar-refractivity contribution < 1.29 is 25.2 Å². The maximum absolute atomic E-state index is 12.6. The largest absolute Gasteiger partial charge is 0.299 e. The minimum atomic E-state index is -4.22. The van der Waals surface area contributed by atoms with E-state index in [0.717, 1.165) is 10.8 Å². The minimum absolute atomic E-state index is 0. The zero-order valence-electron chi connectivity index (χ0n) is 17.1. The summed E-state index contributed by atoms with van der Waals surface area (Å²) in [5.41, 5.74) is 0. The van der Waals surface area contributed by atoms with E-state index in [1.54, 1.807) is 72.8 Å². The summed E-state index contributed by atoms with van der Waals surface area (Å²) in [4.78, 5) is -0.108. The van der Waals surface area contributed by atoms with Crippen LogP contribution in [-0.4, -0.2) is 126 Å². The van der Waals surface area contributed by atoms with E-state index >= 15 is 0 Å². The Balaban J connectivity index is 0.00000171. The Labute approximate surface area is 266 Å². The minimum Gasteiger partial charge on any atom is -0.236 e. The fourth-order valence-corrected chi connectivity index (χ4v) is 5.17. The average Bonchev–Trinajstić information content (AvgIpc) is 2.72. The Hall–Kier alpha value is 0.493.